The highest BCUT2D eigenvalue weighted by molar-refractivity contribution is 5.05. The molecular weight excluding hydrogens is 186 g/mol. The first-order valence-corrected chi connectivity index (χ1v) is 6.27. The van der Waals surface area contributed by atoms with Gasteiger partial charge in [0.25, 0.3) is 0 Å². The fourth-order valence-electron chi connectivity index (χ4n) is 3.14. The molecule has 0 aromatic heterocycles. The van der Waals surface area contributed by atoms with Gasteiger partial charge in [-0.25, -0.2) is 0 Å². The molecule has 2 unspecified atom stereocenters. The average molecular weight is 211 g/mol. The normalized spacial score (nSPS) is 32.6. The molecule has 3 nitrogen and oxygen atoms in total. The highest BCUT2D eigenvalue weighted by Gasteiger charge is 2.49. The minimum absolute atomic E-state index is 0.410. The van der Waals surface area contributed by atoms with Crippen molar-refractivity contribution < 1.29 is 0 Å². The second kappa shape index (κ2) is 4.40. The summed E-state index contributed by atoms with van der Waals surface area (Å²) in [4.78, 5) is 2.43. The van der Waals surface area contributed by atoms with Gasteiger partial charge in [-0.1, -0.05) is 0 Å². The number of piperidine rings is 1. The molecule has 3 heteroatoms. The Kier molecular flexibility index (Phi) is 3.33. The van der Waals surface area contributed by atoms with Gasteiger partial charge in [-0.3, -0.25) is 0 Å². The molecule has 1 saturated carbocycles. The van der Waals surface area contributed by atoms with Crippen LogP contribution in [0.4, 0.5) is 0 Å². The number of likely N-dealkylation sites (tertiary alicyclic amines) is 1. The van der Waals surface area contributed by atoms with Gasteiger partial charge in [0.15, 0.2) is 0 Å². The summed E-state index contributed by atoms with van der Waals surface area (Å²) in [6, 6.07) is 0.410. The third-order valence-corrected chi connectivity index (χ3v) is 4.30. The zero-order chi connectivity index (χ0) is 10.9. The summed E-state index contributed by atoms with van der Waals surface area (Å²) < 4.78 is 0. The molecule has 0 amide bonds. The lowest BCUT2D eigenvalue weighted by atomic mass is 9.81. The fourth-order valence-corrected chi connectivity index (χ4v) is 3.14. The Morgan fingerprint density at radius 1 is 1.53 bits per heavy atom. The van der Waals surface area contributed by atoms with Gasteiger partial charge < -0.3 is 16.0 Å². The number of rotatable bonds is 4. The molecule has 1 aliphatic carbocycles. The number of nitrogens with two attached hydrogens (primary N) is 1. The van der Waals surface area contributed by atoms with Crippen LogP contribution in [-0.4, -0.2) is 44.7 Å². The summed E-state index contributed by atoms with van der Waals surface area (Å²) in [7, 11) is 4.26. The highest BCUT2D eigenvalue weighted by atomic mass is 15.1. The Bertz CT molecular complexity index is 213. The number of hydrogen-bond donors (Lipinski definition) is 2. The van der Waals surface area contributed by atoms with Crippen molar-refractivity contribution in [3.8, 4) is 0 Å². The molecule has 1 saturated heterocycles. The van der Waals surface area contributed by atoms with Gasteiger partial charge in [-0.2, -0.15) is 0 Å². The van der Waals surface area contributed by atoms with Crippen molar-refractivity contribution in [1.29, 1.82) is 0 Å². The SMILES string of the molecule is CNCC1(C(N)C2CCCN(C)C2)CC1. The first-order valence-electron chi connectivity index (χ1n) is 6.27. The van der Waals surface area contributed by atoms with Crippen LogP contribution in [0.5, 0.6) is 0 Å². The molecule has 0 aromatic carbocycles. The van der Waals surface area contributed by atoms with E-state index in [0.717, 1.165) is 12.5 Å². The number of nitrogens with zero attached hydrogens (tertiary/aromatic N) is 1. The highest BCUT2D eigenvalue weighted by Crippen LogP contribution is 2.50. The van der Waals surface area contributed by atoms with E-state index < -0.39 is 0 Å². The van der Waals surface area contributed by atoms with Crippen LogP contribution in [0.25, 0.3) is 0 Å². The number of nitrogens with one attached hydrogen (secondary N) is 1. The van der Waals surface area contributed by atoms with Crippen LogP contribution in [0.2, 0.25) is 0 Å². The molecule has 1 aliphatic heterocycles. The Morgan fingerprint density at radius 2 is 2.27 bits per heavy atom. The third kappa shape index (κ3) is 2.35. The van der Waals surface area contributed by atoms with Crippen molar-refractivity contribution in [3.05, 3.63) is 0 Å². The topological polar surface area (TPSA) is 41.3 Å². The largest absolute Gasteiger partial charge is 0.327 e. The molecule has 2 rings (SSSR count). The summed E-state index contributed by atoms with van der Waals surface area (Å²) in [5.74, 6) is 0.722. The van der Waals surface area contributed by atoms with Crippen LogP contribution in [0, 0.1) is 11.3 Å². The van der Waals surface area contributed by atoms with Gasteiger partial charge in [-0.05, 0) is 57.7 Å². The van der Waals surface area contributed by atoms with Crippen molar-refractivity contribution in [2.24, 2.45) is 17.1 Å². The molecule has 0 spiro atoms. The van der Waals surface area contributed by atoms with Crippen molar-refractivity contribution in [3.63, 3.8) is 0 Å². The van der Waals surface area contributed by atoms with E-state index in [1.165, 1.54) is 38.8 Å². The van der Waals surface area contributed by atoms with Gasteiger partial charge in [0.2, 0.25) is 0 Å². The average Bonchev–Trinajstić information content (AvgIpc) is 2.98. The maximum absolute atomic E-state index is 6.47. The molecule has 1 heterocycles. The molecule has 2 aliphatic rings. The Balaban J connectivity index is 1.92. The molecule has 15 heavy (non-hydrogen) atoms. The first kappa shape index (κ1) is 11.4. The van der Waals surface area contributed by atoms with Gasteiger partial charge in [0.1, 0.15) is 0 Å². The molecular formula is C12H25N3. The molecule has 3 N–H and O–H groups in total. The Hall–Kier alpha value is -0.120. The van der Waals surface area contributed by atoms with Gasteiger partial charge in [-0.15, -0.1) is 0 Å². The van der Waals surface area contributed by atoms with Crippen LogP contribution in [-0.2, 0) is 0 Å². The molecule has 0 aromatic rings. The van der Waals surface area contributed by atoms with Gasteiger partial charge in [0, 0.05) is 19.1 Å². The minimum atomic E-state index is 0.410. The standard InChI is InChI=1S/C12H25N3/c1-14-9-12(5-6-12)11(13)10-4-3-7-15(2)8-10/h10-11,14H,3-9,13H2,1-2H3. The van der Waals surface area contributed by atoms with Crippen molar-refractivity contribution in [2.45, 2.75) is 31.7 Å². The summed E-state index contributed by atoms with van der Waals surface area (Å²) in [5, 5.41) is 3.31. The van der Waals surface area contributed by atoms with Crippen LogP contribution in [0.1, 0.15) is 25.7 Å². The Labute approximate surface area is 93.4 Å². The van der Waals surface area contributed by atoms with Crippen molar-refractivity contribution >= 4 is 0 Å². The minimum Gasteiger partial charge on any atom is -0.327 e. The summed E-state index contributed by atoms with van der Waals surface area (Å²) in [6.45, 7) is 3.56. The van der Waals surface area contributed by atoms with E-state index in [2.05, 4.69) is 17.3 Å². The lowest BCUT2D eigenvalue weighted by molar-refractivity contribution is 0.155. The monoisotopic (exact) mass is 211 g/mol. The quantitative estimate of drug-likeness (QED) is 0.717. The third-order valence-electron chi connectivity index (χ3n) is 4.30. The summed E-state index contributed by atoms with van der Waals surface area (Å²) >= 11 is 0. The van der Waals surface area contributed by atoms with E-state index >= 15 is 0 Å². The van der Waals surface area contributed by atoms with Crippen LogP contribution in [0.15, 0.2) is 0 Å². The lowest BCUT2D eigenvalue weighted by Gasteiger charge is -2.37. The second-order valence-corrected chi connectivity index (χ2v) is 5.58. The van der Waals surface area contributed by atoms with Crippen LogP contribution in [0.3, 0.4) is 0 Å². The predicted molar refractivity (Wildman–Crippen MR) is 63.8 cm³/mol. The van der Waals surface area contributed by atoms with E-state index in [1.807, 2.05) is 7.05 Å². The maximum Gasteiger partial charge on any atom is 0.0148 e. The van der Waals surface area contributed by atoms with E-state index in [9.17, 15) is 0 Å². The Morgan fingerprint density at radius 3 is 2.80 bits per heavy atom. The zero-order valence-electron chi connectivity index (χ0n) is 10.1. The van der Waals surface area contributed by atoms with Crippen molar-refractivity contribution in [1.82, 2.24) is 10.2 Å². The smallest absolute Gasteiger partial charge is 0.0148 e. The van der Waals surface area contributed by atoms with E-state index in [1.54, 1.807) is 0 Å². The molecule has 88 valence electrons. The predicted octanol–water partition coefficient (Wildman–Crippen LogP) is 0.655. The first-order chi connectivity index (χ1) is 7.18. The van der Waals surface area contributed by atoms with E-state index in [4.69, 9.17) is 5.73 Å². The van der Waals surface area contributed by atoms with Crippen LogP contribution >= 0.6 is 0 Å². The summed E-state index contributed by atoms with van der Waals surface area (Å²) in [6.07, 6.45) is 5.31. The second-order valence-electron chi connectivity index (χ2n) is 5.58. The zero-order valence-corrected chi connectivity index (χ0v) is 10.1. The van der Waals surface area contributed by atoms with Crippen molar-refractivity contribution in [2.75, 3.05) is 33.7 Å². The molecule has 0 radical (unpaired) electrons. The van der Waals surface area contributed by atoms with Crippen LogP contribution < -0.4 is 11.1 Å². The van der Waals surface area contributed by atoms with Gasteiger partial charge in [0.05, 0.1) is 0 Å². The summed E-state index contributed by atoms with van der Waals surface area (Å²) in [5.41, 5.74) is 6.91. The molecule has 2 atom stereocenters. The van der Waals surface area contributed by atoms with E-state index in [0.29, 0.717) is 11.5 Å². The fraction of sp³-hybridized carbons (Fsp3) is 1.00. The molecule has 0 bridgehead atoms. The number of hydrogen-bond acceptors (Lipinski definition) is 3. The maximum atomic E-state index is 6.47. The molecule has 2 fully saturated rings. The lowest BCUT2D eigenvalue weighted by Crippen LogP contribution is -2.49. The van der Waals surface area contributed by atoms with E-state index in [-0.39, 0.29) is 0 Å². The van der Waals surface area contributed by atoms with Gasteiger partial charge >= 0.3 is 0 Å².